The Morgan fingerprint density at radius 2 is 1.70 bits per heavy atom. The summed E-state index contributed by atoms with van der Waals surface area (Å²) in [6, 6.07) is 22.8. The van der Waals surface area contributed by atoms with Crippen molar-refractivity contribution in [1.82, 2.24) is 5.32 Å². The molecule has 0 unspecified atom stereocenters. The summed E-state index contributed by atoms with van der Waals surface area (Å²) >= 11 is 1.78. The van der Waals surface area contributed by atoms with Gasteiger partial charge in [0, 0.05) is 23.6 Å². The first kappa shape index (κ1) is 24.9. The van der Waals surface area contributed by atoms with Crippen LogP contribution in [0.1, 0.15) is 32.6 Å². The van der Waals surface area contributed by atoms with Gasteiger partial charge in [0.25, 0.3) is 5.91 Å². The number of anilines is 1. The Hall–Kier alpha value is -2.77. The monoisotopic (exact) mass is 482 g/mol. The molecule has 1 N–H and O–H groups in total. The molecular formula is C26H30N2O3S2. The van der Waals surface area contributed by atoms with Gasteiger partial charge in [-0.3, -0.25) is 9.10 Å². The smallest absolute Gasteiger partial charge is 0.251 e. The zero-order chi connectivity index (χ0) is 23.8. The number of nitrogens with zero attached hydrogens (tertiary/aromatic N) is 1. The summed E-state index contributed by atoms with van der Waals surface area (Å²) in [5.41, 5.74) is 5.54. The topological polar surface area (TPSA) is 66.5 Å². The van der Waals surface area contributed by atoms with Gasteiger partial charge in [-0.05, 0) is 54.8 Å². The predicted octanol–water partition coefficient (Wildman–Crippen LogP) is 4.93. The SMILES string of the molecule is Cc1cccc(CSCCNC(=O)c2ccc(N(Cc3ccccc3C)S(C)(=O)=O)cc2)c1. The van der Waals surface area contributed by atoms with Crippen LogP contribution in [0.5, 0.6) is 0 Å². The molecule has 7 heteroatoms. The average Bonchev–Trinajstić information content (AvgIpc) is 2.77. The minimum Gasteiger partial charge on any atom is -0.351 e. The predicted molar refractivity (Wildman–Crippen MR) is 138 cm³/mol. The first-order valence-corrected chi connectivity index (χ1v) is 13.8. The Balaban J connectivity index is 1.56. The van der Waals surface area contributed by atoms with Crippen LogP contribution in [-0.4, -0.2) is 32.9 Å². The molecular weight excluding hydrogens is 452 g/mol. The van der Waals surface area contributed by atoms with E-state index in [2.05, 4.69) is 36.5 Å². The second kappa shape index (κ2) is 11.4. The van der Waals surface area contributed by atoms with Crippen LogP contribution in [0.4, 0.5) is 5.69 Å². The summed E-state index contributed by atoms with van der Waals surface area (Å²) in [5, 5.41) is 2.93. The average molecular weight is 483 g/mol. The summed E-state index contributed by atoms with van der Waals surface area (Å²) in [4.78, 5) is 12.5. The van der Waals surface area contributed by atoms with E-state index < -0.39 is 10.0 Å². The fraction of sp³-hybridized carbons (Fsp3) is 0.269. The molecule has 0 fully saturated rings. The Labute approximate surface area is 201 Å². The van der Waals surface area contributed by atoms with Gasteiger partial charge in [-0.25, -0.2) is 8.42 Å². The van der Waals surface area contributed by atoms with E-state index in [0.29, 0.717) is 17.8 Å². The highest BCUT2D eigenvalue weighted by atomic mass is 32.2. The molecule has 0 spiro atoms. The summed E-state index contributed by atoms with van der Waals surface area (Å²) in [5.74, 6) is 1.56. The van der Waals surface area contributed by atoms with Crippen LogP contribution < -0.4 is 9.62 Å². The van der Waals surface area contributed by atoms with Crippen LogP contribution >= 0.6 is 11.8 Å². The van der Waals surface area contributed by atoms with E-state index in [4.69, 9.17) is 0 Å². The second-order valence-electron chi connectivity index (χ2n) is 8.04. The van der Waals surface area contributed by atoms with Crippen molar-refractivity contribution in [2.24, 2.45) is 0 Å². The van der Waals surface area contributed by atoms with E-state index in [1.165, 1.54) is 21.7 Å². The number of aryl methyl sites for hydroxylation is 2. The minimum absolute atomic E-state index is 0.164. The van der Waals surface area contributed by atoms with Crippen molar-refractivity contribution in [2.45, 2.75) is 26.1 Å². The van der Waals surface area contributed by atoms with E-state index in [9.17, 15) is 13.2 Å². The third-order valence-electron chi connectivity index (χ3n) is 5.28. The number of sulfonamides is 1. The summed E-state index contributed by atoms with van der Waals surface area (Å²) in [6.45, 7) is 4.86. The molecule has 0 saturated heterocycles. The molecule has 0 heterocycles. The molecule has 3 aromatic carbocycles. The van der Waals surface area contributed by atoms with Crippen LogP contribution in [0.15, 0.2) is 72.8 Å². The fourth-order valence-electron chi connectivity index (χ4n) is 3.45. The highest BCUT2D eigenvalue weighted by molar-refractivity contribution is 7.98. The Morgan fingerprint density at radius 3 is 2.36 bits per heavy atom. The maximum Gasteiger partial charge on any atom is 0.251 e. The molecule has 0 aliphatic heterocycles. The highest BCUT2D eigenvalue weighted by Gasteiger charge is 2.19. The molecule has 0 bridgehead atoms. The second-order valence-corrected chi connectivity index (χ2v) is 11.1. The lowest BCUT2D eigenvalue weighted by Gasteiger charge is -2.23. The summed E-state index contributed by atoms with van der Waals surface area (Å²) < 4.78 is 26.2. The summed E-state index contributed by atoms with van der Waals surface area (Å²) in [6.07, 6.45) is 1.19. The molecule has 0 atom stereocenters. The Morgan fingerprint density at radius 1 is 0.970 bits per heavy atom. The quantitative estimate of drug-likeness (QED) is 0.416. The molecule has 3 aromatic rings. The van der Waals surface area contributed by atoms with E-state index >= 15 is 0 Å². The number of amides is 1. The van der Waals surface area contributed by atoms with Crippen molar-refractivity contribution in [2.75, 3.05) is 22.9 Å². The number of carbonyl (C=O) groups is 1. The molecule has 5 nitrogen and oxygen atoms in total. The molecule has 174 valence electrons. The number of hydrogen-bond donors (Lipinski definition) is 1. The Kier molecular flexibility index (Phi) is 8.58. The van der Waals surface area contributed by atoms with E-state index in [1.54, 1.807) is 36.0 Å². The van der Waals surface area contributed by atoms with Crippen LogP contribution in [0.2, 0.25) is 0 Å². The lowest BCUT2D eigenvalue weighted by Crippen LogP contribution is -2.30. The van der Waals surface area contributed by atoms with E-state index in [0.717, 1.165) is 22.6 Å². The molecule has 0 saturated carbocycles. The van der Waals surface area contributed by atoms with Crippen molar-refractivity contribution in [3.05, 3.63) is 101 Å². The molecule has 0 aliphatic carbocycles. The molecule has 33 heavy (non-hydrogen) atoms. The molecule has 3 rings (SSSR count). The van der Waals surface area contributed by atoms with Crippen molar-refractivity contribution >= 4 is 33.4 Å². The minimum atomic E-state index is -3.48. The zero-order valence-corrected chi connectivity index (χ0v) is 20.9. The Bertz CT molecular complexity index is 1190. The van der Waals surface area contributed by atoms with Gasteiger partial charge in [0.2, 0.25) is 10.0 Å². The van der Waals surface area contributed by atoms with Gasteiger partial charge in [0.15, 0.2) is 0 Å². The lowest BCUT2D eigenvalue weighted by molar-refractivity contribution is 0.0956. The maximum absolute atomic E-state index is 12.5. The van der Waals surface area contributed by atoms with Gasteiger partial charge in [0.1, 0.15) is 0 Å². The van der Waals surface area contributed by atoms with Crippen LogP contribution in [0, 0.1) is 13.8 Å². The summed E-state index contributed by atoms with van der Waals surface area (Å²) in [7, 11) is -3.48. The van der Waals surface area contributed by atoms with Gasteiger partial charge in [-0.2, -0.15) is 11.8 Å². The molecule has 0 radical (unpaired) electrons. The number of carbonyl (C=O) groups excluding carboxylic acids is 1. The van der Waals surface area contributed by atoms with Crippen molar-refractivity contribution in [3.63, 3.8) is 0 Å². The largest absolute Gasteiger partial charge is 0.351 e. The maximum atomic E-state index is 12.5. The van der Waals surface area contributed by atoms with Crippen LogP contribution in [0.25, 0.3) is 0 Å². The van der Waals surface area contributed by atoms with E-state index in [-0.39, 0.29) is 12.5 Å². The van der Waals surface area contributed by atoms with Gasteiger partial charge >= 0.3 is 0 Å². The number of thioether (sulfide) groups is 1. The first-order chi connectivity index (χ1) is 15.7. The van der Waals surface area contributed by atoms with Gasteiger partial charge in [0.05, 0.1) is 18.5 Å². The van der Waals surface area contributed by atoms with Crippen LogP contribution in [0.3, 0.4) is 0 Å². The normalized spacial score (nSPS) is 11.2. The number of benzene rings is 3. The van der Waals surface area contributed by atoms with Crippen LogP contribution in [-0.2, 0) is 22.3 Å². The third-order valence-corrected chi connectivity index (χ3v) is 7.45. The first-order valence-electron chi connectivity index (χ1n) is 10.8. The van der Waals surface area contributed by atoms with Gasteiger partial charge in [-0.1, -0.05) is 54.1 Å². The van der Waals surface area contributed by atoms with Crippen molar-refractivity contribution in [1.29, 1.82) is 0 Å². The lowest BCUT2D eigenvalue weighted by atomic mass is 10.1. The van der Waals surface area contributed by atoms with Crippen molar-refractivity contribution < 1.29 is 13.2 Å². The molecule has 0 aromatic heterocycles. The third kappa shape index (κ3) is 7.37. The number of hydrogen-bond acceptors (Lipinski definition) is 4. The molecule has 1 amide bonds. The number of nitrogens with one attached hydrogen (secondary N) is 1. The van der Waals surface area contributed by atoms with E-state index in [1.807, 2.05) is 31.2 Å². The molecule has 0 aliphatic rings. The standard InChI is InChI=1S/C26H30N2O3S2/c1-20-7-6-9-22(17-20)19-32-16-15-27-26(29)23-11-13-25(14-12-23)28(33(3,30)31)18-24-10-5-4-8-21(24)2/h4-14,17H,15-16,18-19H2,1-3H3,(H,27,29). The highest BCUT2D eigenvalue weighted by Crippen LogP contribution is 2.22. The zero-order valence-electron chi connectivity index (χ0n) is 19.2. The van der Waals surface area contributed by atoms with Gasteiger partial charge in [-0.15, -0.1) is 0 Å². The van der Waals surface area contributed by atoms with Crippen molar-refractivity contribution in [3.8, 4) is 0 Å². The number of rotatable bonds is 10. The fourth-order valence-corrected chi connectivity index (χ4v) is 5.14. The van der Waals surface area contributed by atoms with Gasteiger partial charge < -0.3 is 5.32 Å².